The van der Waals surface area contributed by atoms with Crippen LogP contribution in [0.2, 0.25) is 0 Å². The number of piperazine rings is 1. The molecule has 10 heteroatoms. The van der Waals surface area contributed by atoms with E-state index < -0.39 is 0 Å². The number of carbonyl (C=O) groups excluding carboxylic acids is 1. The molecule has 1 aliphatic rings. The molecule has 0 saturated carbocycles. The number of hydrogen-bond acceptors (Lipinski definition) is 8. The van der Waals surface area contributed by atoms with Crippen LogP contribution < -0.4 is 21.1 Å². The number of carbonyl (C=O) groups is 1. The summed E-state index contributed by atoms with van der Waals surface area (Å²) in [6, 6.07) is 8.17. The fourth-order valence-corrected chi connectivity index (χ4v) is 4.88. The van der Waals surface area contributed by atoms with Crippen LogP contribution in [-0.4, -0.2) is 69.5 Å². The molecule has 3 aromatic rings. The number of rotatable bonds is 14. The Labute approximate surface area is 224 Å². The van der Waals surface area contributed by atoms with Gasteiger partial charge in [-0.25, -0.2) is 4.79 Å². The van der Waals surface area contributed by atoms with Crippen LogP contribution in [0.1, 0.15) is 69.2 Å². The number of H-pyrrole nitrogens is 1. The molecule has 0 amide bonds. The van der Waals surface area contributed by atoms with Gasteiger partial charge in [0.15, 0.2) is 17.2 Å². The molecule has 0 spiro atoms. The number of nitrogens with zero attached hydrogens (tertiary/aromatic N) is 5. The summed E-state index contributed by atoms with van der Waals surface area (Å²) in [5, 5.41) is 0. The molecule has 0 radical (unpaired) electrons. The van der Waals surface area contributed by atoms with Gasteiger partial charge in [0.25, 0.3) is 0 Å². The van der Waals surface area contributed by atoms with Gasteiger partial charge in [0.2, 0.25) is 0 Å². The van der Waals surface area contributed by atoms with Gasteiger partial charge in [-0.2, -0.15) is 9.97 Å². The Balaban J connectivity index is 1.14. The van der Waals surface area contributed by atoms with Gasteiger partial charge in [0.1, 0.15) is 5.52 Å². The maximum atomic E-state index is 12.5. The molecule has 0 aliphatic carbocycles. The van der Waals surface area contributed by atoms with E-state index in [1.807, 2.05) is 12.1 Å². The van der Waals surface area contributed by atoms with Gasteiger partial charge in [-0.3, -0.25) is 14.3 Å². The fraction of sp³-hybridized carbons (Fsp3) is 0.571. The average Bonchev–Trinajstić information content (AvgIpc) is 3.24. The minimum absolute atomic E-state index is 0.106. The van der Waals surface area contributed by atoms with Crippen LogP contribution in [0.15, 0.2) is 29.1 Å². The monoisotopic (exact) mass is 523 g/mol. The van der Waals surface area contributed by atoms with Crippen LogP contribution in [0, 0.1) is 0 Å². The van der Waals surface area contributed by atoms with E-state index in [-0.39, 0.29) is 23.3 Å². The zero-order chi connectivity index (χ0) is 26.9. The standard InChI is InChI=1S/C28H41N7O3/c1-3-4-20-38-27-31-25(29)24-26(32-27)35(28(37)30-24)15-9-7-5-6-8-14-33-16-18-34(19-17-33)23-12-10-22(11-13-23)21(2)36/h10-13H,3-9,14-20H2,1-2H3,(H,30,37)(H2,29,31,32). The Morgan fingerprint density at radius 2 is 1.66 bits per heavy atom. The number of fused-ring (bicyclic) bond motifs is 1. The molecular formula is C28H41N7O3. The molecule has 38 heavy (non-hydrogen) atoms. The summed E-state index contributed by atoms with van der Waals surface area (Å²) in [5.41, 5.74) is 8.78. The number of Topliss-reactive ketones (excluding diaryl/α,β-unsaturated/α-hetero) is 1. The number of aromatic nitrogens is 4. The van der Waals surface area contributed by atoms with E-state index in [1.54, 1.807) is 11.5 Å². The maximum absolute atomic E-state index is 12.5. The Morgan fingerprint density at radius 1 is 0.974 bits per heavy atom. The van der Waals surface area contributed by atoms with Gasteiger partial charge in [-0.05, 0) is 57.0 Å². The van der Waals surface area contributed by atoms with Crippen molar-refractivity contribution in [3.05, 3.63) is 40.3 Å². The van der Waals surface area contributed by atoms with Crippen molar-refractivity contribution in [3.63, 3.8) is 0 Å². The number of anilines is 2. The van der Waals surface area contributed by atoms with Crippen LogP contribution in [0.5, 0.6) is 6.01 Å². The molecule has 1 saturated heterocycles. The number of imidazole rings is 1. The Morgan fingerprint density at radius 3 is 2.34 bits per heavy atom. The molecule has 1 fully saturated rings. The molecule has 3 N–H and O–H groups in total. The predicted molar refractivity (Wildman–Crippen MR) is 151 cm³/mol. The molecule has 3 heterocycles. The first-order valence-electron chi connectivity index (χ1n) is 13.9. The summed E-state index contributed by atoms with van der Waals surface area (Å²) in [5.74, 6) is 0.346. The summed E-state index contributed by atoms with van der Waals surface area (Å²) >= 11 is 0. The number of benzene rings is 1. The number of ether oxygens (including phenoxy) is 1. The smallest absolute Gasteiger partial charge is 0.327 e. The number of hydrogen-bond donors (Lipinski definition) is 2. The molecule has 4 rings (SSSR count). The second-order valence-electron chi connectivity index (χ2n) is 10.1. The molecule has 0 atom stereocenters. The molecule has 2 aromatic heterocycles. The van der Waals surface area contributed by atoms with Gasteiger partial charge in [-0.15, -0.1) is 0 Å². The lowest BCUT2D eigenvalue weighted by molar-refractivity contribution is 0.101. The lowest BCUT2D eigenvalue weighted by Gasteiger charge is -2.36. The van der Waals surface area contributed by atoms with Crippen molar-refractivity contribution in [3.8, 4) is 6.01 Å². The summed E-state index contributed by atoms with van der Waals surface area (Å²) in [6.07, 6.45) is 7.40. The van der Waals surface area contributed by atoms with Gasteiger partial charge >= 0.3 is 11.7 Å². The van der Waals surface area contributed by atoms with Gasteiger partial charge < -0.3 is 20.4 Å². The largest absolute Gasteiger partial charge is 0.463 e. The van der Waals surface area contributed by atoms with Gasteiger partial charge in [-0.1, -0.05) is 32.6 Å². The number of nitrogens with one attached hydrogen (secondary N) is 1. The highest BCUT2D eigenvalue weighted by molar-refractivity contribution is 5.94. The van der Waals surface area contributed by atoms with Crippen molar-refractivity contribution in [2.24, 2.45) is 0 Å². The van der Waals surface area contributed by atoms with Gasteiger partial charge in [0.05, 0.1) is 6.61 Å². The number of aryl methyl sites for hydroxylation is 1. The number of nitrogens with two attached hydrogens (primary N) is 1. The highest BCUT2D eigenvalue weighted by atomic mass is 16.5. The molecular weight excluding hydrogens is 482 g/mol. The van der Waals surface area contributed by atoms with Crippen LogP contribution in [-0.2, 0) is 6.54 Å². The summed E-state index contributed by atoms with van der Waals surface area (Å²) in [7, 11) is 0. The average molecular weight is 524 g/mol. The third-order valence-electron chi connectivity index (χ3n) is 7.23. The zero-order valence-corrected chi connectivity index (χ0v) is 22.7. The molecule has 1 aliphatic heterocycles. The summed E-state index contributed by atoms with van der Waals surface area (Å²) in [4.78, 5) is 40.3. The minimum Gasteiger partial charge on any atom is -0.463 e. The molecule has 206 valence electrons. The number of ketones is 1. The van der Waals surface area contributed by atoms with Crippen molar-refractivity contribution in [1.29, 1.82) is 0 Å². The maximum Gasteiger partial charge on any atom is 0.327 e. The predicted octanol–water partition coefficient (Wildman–Crippen LogP) is 3.86. The summed E-state index contributed by atoms with van der Waals surface area (Å²) in [6.45, 7) is 10.1. The minimum atomic E-state index is -0.208. The van der Waals surface area contributed by atoms with Crippen molar-refractivity contribution < 1.29 is 9.53 Å². The lowest BCUT2D eigenvalue weighted by atomic mass is 10.1. The van der Waals surface area contributed by atoms with E-state index in [1.165, 1.54) is 18.5 Å². The van der Waals surface area contributed by atoms with Crippen LogP contribution in [0.3, 0.4) is 0 Å². The SMILES string of the molecule is CCCCOc1nc(N)c2[nH]c(=O)n(CCCCCCCN3CCN(c4ccc(C(C)=O)cc4)CC3)c2n1. The van der Waals surface area contributed by atoms with Crippen molar-refractivity contribution in [1.82, 2.24) is 24.4 Å². The van der Waals surface area contributed by atoms with Crippen molar-refractivity contribution in [2.45, 2.75) is 65.3 Å². The molecule has 0 bridgehead atoms. The van der Waals surface area contributed by atoms with Crippen LogP contribution in [0.25, 0.3) is 11.2 Å². The second-order valence-corrected chi connectivity index (χ2v) is 10.1. The number of aromatic amines is 1. The van der Waals surface area contributed by atoms with Crippen LogP contribution in [0.4, 0.5) is 11.5 Å². The highest BCUT2D eigenvalue weighted by Crippen LogP contribution is 2.20. The zero-order valence-electron chi connectivity index (χ0n) is 22.7. The normalized spacial score (nSPS) is 14.3. The Bertz CT molecular complexity index is 1240. The first-order valence-corrected chi connectivity index (χ1v) is 13.9. The first-order chi connectivity index (χ1) is 18.5. The van der Waals surface area contributed by atoms with E-state index in [0.29, 0.717) is 24.3 Å². The highest BCUT2D eigenvalue weighted by Gasteiger charge is 2.17. The van der Waals surface area contributed by atoms with E-state index in [9.17, 15) is 9.59 Å². The van der Waals surface area contributed by atoms with Crippen molar-refractivity contribution in [2.75, 3.05) is 50.0 Å². The Hall–Kier alpha value is -3.40. The second kappa shape index (κ2) is 13.4. The van der Waals surface area contributed by atoms with E-state index in [4.69, 9.17) is 10.5 Å². The van der Waals surface area contributed by atoms with E-state index in [0.717, 1.165) is 70.4 Å². The third kappa shape index (κ3) is 7.12. The molecule has 0 unspecified atom stereocenters. The van der Waals surface area contributed by atoms with Crippen LogP contribution >= 0.6 is 0 Å². The summed E-state index contributed by atoms with van der Waals surface area (Å²) < 4.78 is 7.26. The van der Waals surface area contributed by atoms with E-state index >= 15 is 0 Å². The van der Waals surface area contributed by atoms with Gasteiger partial charge in [0, 0.05) is 44.0 Å². The van der Waals surface area contributed by atoms with E-state index in [2.05, 4.69) is 43.8 Å². The topological polar surface area (TPSA) is 122 Å². The number of unbranched alkanes of at least 4 members (excludes halogenated alkanes) is 5. The fourth-order valence-electron chi connectivity index (χ4n) is 4.88. The lowest BCUT2D eigenvalue weighted by Crippen LogP contribution is -2.46. The molecule has 10 nitrogen and oxygen atoms in total. The molecule has 1 aromatic carbocycles. The van der Waals surface area contributed by atoms with Crippen molar-refractivity contribution >= 4 is 28.5 Å². The number of nitrogen functional groups attached to an aromatic ring is 1. The Kier molecular flexibility index (Phi) is 9.75. The first kappa shape index (κ1) is 27.6. The quantitative estimate of drug-likeness (QED) is 0.241. The third-order valence-corrected chi connectivity index (χ3v) is 7.23.